The smallest absolute Gasteiger partial charge is 0.348 e. The van der Waals surface area contributed by atoms with Gasteiger partial charge in [0.2, 0.25) is 5.60 Å². The SMILES string of the molecule is CC(=O)OC1(C(=O)O)CCOCC1. The van der Waals surface area contributed by atoms with Crippen molar-refractivity contribution >= 4 is 11.9 Å². The molecule has 0 spiro atoms. The molecule has 0 bridgehead atoms. The molecule has 1 saturated heterocycles. The minimum Gasteiger partial charge on any atom is -0.478 e. The summed E-state index contributed by atoms with van der Waals surface area (Å²) in [4.78, 5) is 21.6. The van der Waals surface area contributed by atoms with E-state index in [4.69, 9.17) is 14.6 Å². The van der Waals surface area contributed by atoms with Gasteiger partial charge in [-0.15, -0.1) is 0 Å². The quantitative estimate of drug-likeness (QED) is 0.626. The molecule has 5 nitrogen and oxygen atoms in total. The molecule has 1 heterocycles. The number of esters is 1. The van der Waals surface area contributed by atoms with Crippen LogP contribution in [0.5, 0.6) is 0 Å². The van der Waals surface area contributed by atoms with Crippen molar-refractivity contribution in [3.63, 3.8) is 0 Å². The third-order valence-corrected chi connectivity index (χ3v) is 2.03. The molecule has 1 aliphatic rings. The summed E-state index contributed by atoms with van der Waals surface area (Å²) < 4.78 is 9.82. The van der Waals surface area contributed by atoms with Crippen LogP contribution in [0.15, 0.2) is 0 Å². The van der Waals surface area contributed by atoms with Gasteiger partial charge in [-0.05, 0) is 0 Å². The molecule has 0 unspecified atom stereocenters. The Morgan fingerprint density at radius 1 is 1.38 bits per heavy atom. The summed E-state index contributed by atoms with van der Waals surface area (Å²) in [5.74, 6) is -1.66. The van der Waals surface area contributed by atoms with Gasteiger partial charge in [-0.1, -0.05) is 0 Å². The van der Waals surface area contributed by atoms with Gasteiger partial charge >= 0.3 is 11.9 Å². The monoisotopic (exact) mass is 188 g/mol. The Balaban J connectivity index is 2.73. The predicted molar refractivity (Wildman–Crippen MR) is 42.2 cm³/mol. The van der Waals surface area contributed by atoms with Crippen LogP contribution in [0, 0.1) is 0 Å². The van der Waals surface area contributed by atoms with E-state index in [1.807, 2.05) is 0 Å². The fraction of sp³-hybridized carbons (Fsp3) is 0.750. The van der Waals surface area contributed by atoms with E-state index in [0.717, 1.165) is 0 Å². The van der Waals surface area contributed by atoms with Gasteiger partial charge in [0, 0.05) is 19.8 Å². The first-order valence-electron chi connectivity index (χ1n) is 4.07. The van der Waals surface area contributed by atoms with Crippen molar-refractivity contribution in [1.82, 2.24) is 0 Å². The van der Waals surface area contributed by atoms with Crippen LogP contribution in [0.1, 0.15) is 19.8 Å². The van der Waals surface area contributed by atoms with Crippen LogP contribution >= 0.6 is 0 Å². The maximum atomic E-state index is 10.9. The average Bonchev–Trinajstić information content (AvgIpc) is 2.04. The highest BCUT2D eigenvalue weighted by molar-refractivity contribution is 5.81. The van der Waals surface area contributed by atoms with Crippen molar-refractivity contribution < 1.29 is 24.2 Å². The van der Waals surface area contributed by atoms with Gasteiger partial charge in [-0.2, -0.15) is 0 Å². The first kappa shape index (κ1) is 9.98. The molecule has 0 aromatic rings. The predicted octanol–water partition coefficient (Wildman–Crippen LogP) is 0.183. The Morgan fingerprint density at radius 3 is 2.31 bits per heavy atom. The van der Waals surface area contributed by atoms with Crippen molar-refractivity contribution in [2.75, 3.05) is 13.2 Å². The van der Waals surface area contributed by atoms with E-state index in [1.165, 1.54) is 6.92 Å². The van der Waals surface area contributed by atoms with E-state index < -0.39 is 17.5 Å². The zero-order chi connectivity index (χ0) is 9.90. The summed E-state index contributed by atoms with van der Waals surface area (Å²) in [6.07, 6.45) is 0.448. The third kappa shape index (κ3) is 2.18. The Kier molecular flexibility index (Phi) is 2.87. The third-order valence-electron chi connectivity index (χ3n) is 2.03. The molecule has 0 saturated carbocycles. The van der Waals surface area contributed by atoms with E-state index in [9.17, 15) is 9.59 Å². The van der Waals surface area contributed by atoms with Crippen LogP contribution in [-0.4, -0.2) is 35.9 Å². The summed E-state index contributed by atoms with van der Waals surface area (Å²) in [6.45, 7) is 1.85. The molecule has 13 heavy (non-hydrogen) atoms. The van der Waals surface area contributed by atoms with Crippen LogP contribution in [0.3, 0.4) is 0 Å². The fourth-order valence-electron chi connectivity index (χ4n) is 1.34. The standard InChI is InChI=1S/C8H12O5/c1-6(9)13-8(7(10)11)2-4-12-5-3-8/h2-5H2,1H3,(H,10,11). The molecule has 1 fully saturated rings. The minimum absolute atomic E-state index is 0.224. The lowest BCUT2D eigenvalue weighted by Crippen LogP contribution is -2.47. The Morgan fingerprint density at radius 2 is 1.92 bits per heavy atom. The second-order valence-electron chi connectivity index (χ2n) is 3.01. The fourth-order valence-corrected chi connectivity index (χ4v) is 1.34. The second kappa shape index (κ2) is 3.74. The molecule has 1 rings (SSSR count). The van der Waals surface area contributed by atoms with Gasteiger partial charge in [0.05, 0.1) is 13.2 Å². The Bertz CT molecular complexity index is 217. The molecule has 0 aromatic carbocycles. The van der Waals surface area contributed by atoms with Crippen LogP contribution in [0.25, 0.3) is 0 Å². The van der Waals surface area contributed by atoms with Gasteiger partial charge in [-0.3, -0.25) is 4.79 Å². The van der Waals surface area contributed by atoms with Crippen molar-refractivity contribution in [1.29, 1.82) is 0 Å². The number of carboxylic acids is 1. The molecule has 5 heteroatoms. The lowest BCUT2D eigenvalue weighted by atomic mass is 9.94. The topological polar surface area (TPSA) is 72.8 Å². The highest BCUT2D eigenvalue weighted by atomic mass is 16.6. The maximum Gasteiger partial charge on any atom is 0.348 e. The van der Waals surface area contributed by atoms with Crippen LogP contribution in [0.2, 0.25) is 0 Å². The number of rotatable bonds is 2. The molecular formula is C8H12O5. The zero-order valence-electron chi connectivity index (χ0n) is 7.41. The number of hydrogen-bond acceptors (Lipinski definition) is 4. The zero-order valence-corrected chi connectivity index (χ0v) is 7.41. The molecule has 1 aliphatic heterocycles. The Labute approximate surface area is 75.6 Å². The van der Waals surface area contributed by atoms with Gasteiger partial charge in [0.25, 0.3) is 0 Å². The van der Waals surface area contributed by atoms with E-state index >= 15 is 0 Å². The lowest BCUT2D eigenvalue weighted by Gasteiger charge is -2.31. The van der Waals surface area contributed by atoms with E-state index in [0.29, 0.717) is 13.2 Å². The molecular weight excluding hydrogens is 176 g/mol. The molecule has 0 radical (unpaired) electrons. The molecule has 1 N–H and O–H groups in total. The molecule has 0 atom stereocenters. The minimum atomic E-state index is -1.36. The molecule has 0 aromatic heterocycles. The largest absolute Gasteiger partial charge is 0.478 e. The van der Waals surface area contributed by atoms with E-state index in [2.05, 4.69) is 0 Å². The summed E-state index contributed by atoms with van der Waals surface area (Å²) >= 11 is 0. The van der Waals surface area contributed by atoms with Crippen molar-refractivity contribution in [2.45, 2.75) is 25.4 Å². The number of carbonyl (C=O) groups is 2. The first-order chi connectivity index (χ1) is 6.07. The van der Waals surface area contributed by atoms with Crippen LogP contribution in [-0.2, 0) is 19.1 Å². The highest BCUT2D eigenvalue weighted by Gasteiger charge is 2.43. The lowest BCUT2D eigenvalue weighted by molar-refractivity contribution is -0.187. The Hall–Kier alpha value is -1.10. The van der Waals surface area contributed by atoms with Crippen LogP contribution in [0.4, 0.5) is 0 Å². The molecule has 0 amide bonds. The van der Waals surface area contributed by atoms with Crippen molar-refractivity contribution in [3.05, 3.63) is 0 Å². The van der Waals surface area contributed by atoms with E-state index in [-0.39, 0.29) is 12.8 Å². The summed E-state index contributed by atoms with van der Waals surface area (Å²) in [5, 5.41) is 8.90. The van der Waals surface area contributed by atoms with Gasteiger partial charge < -0.3 is 14.6 Å². The van der Waals surface area contributed by atoms with Gasteiger partial charge in [-0.25, -0.2) is 4.79 Å². The summed E-state index contributed by atoms with van der Waals surface area (Å²) in [7, 11) is 0. The number of carboxylic acid groups (broad SMARTS) is 1. The van der Waals surface area contributed by atoms with Crippen molar-refractivity contribution in [3.8, 4) is 0 Å². The molecule has 0 aliphatic carbocycles. The summed E-state index contributed by atoms with van der Waals surface area (Å²) in [6, 6.07) is 0. The first-order valence-corrected chi connectivity index (χ1v) is 4.07. The number of ether oxygens (including phenoxy) is 2. The van der Waals surface area contributed by atoms with Crippen molar-refractivity contribution in [2.24, 2.45) is 0 Å². The van der Waals surface area contributed by atoms with Crippen LogP contribution < -0.4 is 0 Å². The number of hydrogen-bond donors (Lipinski definition) is 1. The maximum absolute atomic E-state index is 10.9. The number of aliphatic carboxylic acids is 1. The summed E-state index contributed by atoms with van der Waals surface area (Å²) in [5.41, 5.74) is -1.36. The molecule has 74 valence electrons. The highest BCUT2D eigenvalue weighted by Crippen LogP contribution is 2.25. The number of carbonyl (C=O) groups excluding carboxylic acids is 1. The second-order valence-corrected chi connectivity index (χ2v) is 3.01. The normalized spacial score (nSPS) is 20.7. The van der Waals surface area contributed by atoms with Gasteiger partial charge in [0.15, 0.2) is 0 Å². The average molecular weight is 188 g/mol. The van der Waals surface area contributed by atoms with E-state index in [1.54, 1.807) is 0 Å². The van der Waals surface area contributed by atoms with Gasteiger partial charge in [0.1, 0.15) is 0 Å².